The third-order valence-corrected chi connectivity index (χ3v) is 6.55. The lowest BCUT2D eigenvalue weighted by atomic mass is 9.72. The predicted molar refractivity (Wildman–Crippen MR) is 108 cm³/mol. The van der Waals surface area contributed by atoms with Crippen LogP contribution in [0.1, 0.15) is 57.4 Å². The summed E-state index contributed by atoms with van der Waals surface area (Å²) in [6, 6.07) is 7.56. The first-order chi connectivity index (χ1) is 13.5. The van der Waals surface area contributed by atoms with Gasteiger partial charge in [0.05, 0.1) is 18.7 Å². The molecular weight excluding hydrogens is 354 g/mol. The number of urea groups is 1. The first-order valence-electron chi connectivity index (χ1n) is 10.6. The Kier molecular flexibility index (Phi) is 5.32. The van der Waals surface area contributed by atoms with Crippen molar-refractivity contribution in [1.82, 2.24) is 10.2 Å². The number of carbonyl (C=O) groups is 2. The van der Waals surface area contributed by atoms with Crippen LogP contribution in [-0.4, -0.2) is 53.2 Å². The van der Waals surface area contributed by atoms with Gasteiger partial charge in [0.1, 0.15) is 0 Å². The second kappa shape index (κ2) is 7.74. The Hall–Kier alpha value is -2.08. The average Bonchev–Trinajstić information content (AvgIpc) is 2.68. The fourth-order valence-electron chi connectivity index (χ4n) is 5.27. The Balaban J connectivity index is 1.64. The highest BCUT2D eigenvalue weighted by Crippen LogP contribution is 2.48. The maximum absolute atomic E-state index is 13.4. The lowest BCUT2D eigenvalue weighted by molar-refractivity contribution is -0.124. The van der Waals surface area contributed by atoms with E-state index >= 15 is 0 Å². The van der Waals surface area contributed by atoms with E-state index in [0.717, 1.165) is 36.9 Å². The molecule has 0 radical (unpaired) electrons. The Labute approximate surface area is 166 Å². The predicted octanol–water partition coefficient (Wildman–Crippen LogP) is 2.86. The van der Waals surface area contributed by atoms with Gasteiger partial charge in [-0.3, -0.25) is 4.79 Å². The fourth-order valence-corrected chi connectivity index (χ4v) is 5.27. The molecule has 0 unspecified atom stereocenters. The minimum absolute atomic E-state index is 0.0294. The number of carbonyl (C=O) groups excluding carboxylic acids is 2. The first-order valence-corrected chi connectivity index (χ1v) is 10.6. The lowest BCUT2D eigenvalue weighted by Crippen LogP contribution is -2.72. The SMILES string of the molecule is CC(C)NC(=O)N1[C@H](CO)[C@@H]2c3ccccc3N(C(=O)C3CCCCC3)C[C@@H]21. The lowest BCUT2D eigenvalue weighted by Gasteiger charge is -2.59. The molecule has 1 saturated carbocycles. The summed E-state index contributed by atoms with van der Waals surface area (Å²) < 4.78 is 0. The van der Waals surface area contributed by atoms with Gasteiger partial charge in [-0.2, -0.15) is 0 Å². The Morgan fingerprint density at radius 3 is 2.57 bits per heavy atom. The number of nitrogens with one attached hydrogen (secondary N) is 1. The quantitative estimate of drug-likeness (QED) is 0.840. The smallest absolute Gasteiger partial charge is 0.318 e. The minimum atomic E-state index is -0.239. The molecular formula is C22H31N3O3. The van der Waals surface area contributed by atoms with E-state index in [9.17, 15) is 14.7 Å². The second-order valence-electron chi connectivity index (χ2n) is 8.70. The van der Waals surface area contributed by atoms with Crippen molar-refractivity contribution >= 4 is 17.6 Å². The molecule has 6 nitrogen and oxygen atoms in total. The van der Waals surface area contributed by atoms with Crippen molar-refractivity contribution in [2.75, 3.05) is 18.1 Å². The van der Waals surface area contributed by atoms with Crippen LogP contribution in [0.5, 0.6) is 0 Å². The number of likely N-dealkylation sites (tertiary alicyclic amines) is 1. The van der Waals surface area contributed by atoms with E-state index in [-0.39, 0.29) is 48.5 Å². The van der Waals surface area contributed by atoms with Crippen LogP contribution in [0.3, 0.4) is 0 Å². The number of benzene rings is 1. The Bertz CT molecular complexity index is 744. The van der Waals surface area contributed by atoms with Gasteiger partial charge in [0.25, 0.3) is 0 Å². The summed E-state index contributed by atoms with van der Waals surface area (Å²) in [6.45, 7) is 4.30. The van der Waals surface area contributed by atoms with Crippen LogP contribution in [0.25, 0.3) is 0 Å². The molecule has 1 aromatic carbocycles. The van der Waals surface area contributed by atoms with E-state index < -0.39 is 0 Å². The molecule has 0 spiro atoms. The van der Waals surface area contributed by atoms with E-state index in [2.05, 4.69) is 5.32 Å². The van der Waals surface area contributed by atoms with E-state index in [1.807, 2.05) is 43.0 Å². The maximum atomic E-state index is 13.4. The topological polar surface area (TPSA) is 72.9 Å². The van der Waals surface area contributed by atoms with Gasteiger partial charge in [-0.05, 0) is 38.3 Å². The third-order valence-electron chi connectivity index (χ3n) is 6.55. The molecule has 0 bridgehead atoms. The van der Waals surface area contributed by atoms with Gasteiger partial charge in [0.2, 0.25) is 5.91 Å². The van der Waals surface area contributed by atoms with Crippen molar-refractivity contribution in [2.24, 2.45) is 5.92 Å². The zero-order chi connectivity index (χ0) is 19.8. The van der Waals surface area contributed by atoms with Crippen LogP contribution in [-0.2, 0) is 4.79 Å². The number of rotatable bonds is 3. The van der Waals surface area contributed by atoms with E-state index in [0.29, 0.717) is 6.54 Å². The van der Waals surface area contributed by atoms with Crippen LogP contribution in [0.15, 0.2) is 24.3 Å². The number of aliphatic hydroxyl groups excluding tert-OH is 1. The summed E-state index contributed by atoms with van der Waals surface area (Å²) >= 11 is 0. The summed E-state index contributed by atoms with van der Waals surface area (Å²) in [5.74, 6) is 0.363. The van der Waals surface area contributed by atoms with Crippen LogP contribution in [0, 0.1) is 5.92 Å². The standard InChI is InChI=1S/C22H31N3O3/c1-14(2)23-22(28)25-18-12-24(21(27)15-8-4-3-5-9-15)17-11-7-6-10-16(17)20(18)19(25)13-26/h6-7,10-11,14-15,18-20,26H,3-5,8-9,12-13H2,1-2H3,(H,23,28)/t18-,19+,20+/m0/s1. The zero-order valence-corrected chi connectivity index (χ0v) is 16.8. The summed E-state index contributed by atoms with van der Waals surface area (Å²) in [5.41, 5.74) is 2.04. The van der Waals surface area contributed by atoms with Crippen molar-refractivity contribution in [3.05, 3.63) is 29.8 Å². The summed E-state index contributed by atoms with van der Waals surface area (Å²) in [5, 5.41) is 12.9. The van der Waals surface area contributed by atoms with E-state index in [1.54, 1.807) is 4.90 Å². The molecule has 152 valence electrons. The van der Waals surface area contributed by atoms with Crippen molar-refractivity contribution in [3.8, 4) is 0 Å². The Morgan fingerprint density at radius 2 is 1.89 bits per heavy atom. The molecule has 2 fully saturated rings. The monoisotopic (exact) mass is 385 g/mol. The molecule has 1 saturated heterocycles. The van der Waals surface area contributed by atoms with Gasteiger partial charge in [-0.1, -0.05) is 37.5 Å². The number of hydrogen-bond acceptors (Lipinski definition) is 3. The fraction of sp³-hybridized carbons (Fsp3) is 0.636. The van der Waals surface area contributed by atoms with E-state index in [4.69, 9.17) is 0 Å². The molecule has 3 amide bonds. The highest BCUT2D eigenvalue weighted by Gasteiger charge is 2.55. The van der Waals surface area contributed by atoms with Crippen LogP contribution in [0.4, 0.5) is 10.5 Å². The van der Waals surface area contributed by atoms with Crippen molar-refractivity contribution < 1.29 is 14.7 Å². The van der Waals surface area contributed by atoms with Gasteiger partial charge >= 0.3 is 6.03 Å². The number of amides is 3. The largest absolute Gasteiger partial charge is 0.394 e. The van der Waals surface area contributed by atoms with Crippen molar-refractivity contribution in [2.45, 2.75) is 70.0 Å². The summed E-state index contributed by atoms with van der Waals surface area (Å²) in [7, 11) is 0. The third kappa shape index (κ3) is 3.17. The number of hydrogen-bond donors (Lipinski definition) is 2. The van der Waals surface area contributed by atoms with Gasteiger partial charge in [0, 0.05) is 30.1 Å². The normalized spacial score (nSPS) is 27.1. The Morgan fingerprint density at radius 1 is 1.18 bits per heavy atom. The number of para-hydroxylation sites is 1. The zero-order valence-electron chi connectivity index (χ0n) is 16.8. The average molecular weight is 386 g/mol. The molecule has 3 atom stereocenters. The maximum Gasteiger partial charge on any atom is 0.318 e. The first kappa shape index (κ1) is 19.2. The van der Waals surface area contributed by atoms with Gasteiger partial charge in [0.15, 0.2) is 0 Å². The molecule has 28 heavy (non-hydrogen) atoms. The summed E-state index contributed by atoms with van der Waals surface area (Å²) in [6.07, 6.45) is 5.37. The van der Waals surface area contributed by atoms with Crippen molar-refractivity contribution in [3.63, 3.8) is 0 Å². The molecule has 3 aliphatic rings. The van der Waals surface area contributed by atoms with Gasteiger partial charge in [-0.15, -0.1) is 0 Å². The molecule has 1 aliphatic carbocycles. The molecule has 6 heteroatoms. The van der Waals surface area contributed by atoms with Gasteiger partial charge < -0.3 is 20.2 Å². The molecule has 2 aliphatic heterocycles. The number of fused-ring (bicyclic) bond motifs is 3. The van der Waals surface area contributed by atoms with Crippen LogP contribution >= 0.6 is 0 Å². The minimum Gasteiger partial charge on any atom is -0.394 e. The van der Waals surface area contributed by atoms with Gasteiger partial charge in [-0.25, -0.2) is 4.79 Å². The molecule has 1 aromatic rings. The number of anilines is 1. The van der Waals surface area contributed by atoms with Crippen LogP contribution in [0.2, 0.25) is 0 Å². The molecule has 0 aromatic heterocycles. The second-order valence-corrected chi connectivity index (χ2v) is 8.70. The highest BCUT2D eigenvalue weighted by molar-refractivity contribution is 5.97. The van der Waals surface area contributed by atoms with E-state index in [1.165, 1.54) is 6.42 Å². The van der Waals surface area contributed by atoms with Crippen molar-refractivity contribution in [1.29, 1.82) is 0 Å². The summed E-state index contributed by atoms with van der Waals surface area (Å²) in [4.78, 5) is 29.8. The van der Waals surface area contributed by atoms with Crippen LogP contribution < -0.4 is 10.2 Å². The highest BCUT2D eigenvalue weighted by atomic mass is 16.3. The molecule has 2 heterocycles. The number of nitrogens with zero attached hydrogens (tertiary/aromatic N) is 2. The molecule has 4 rings (SSSR count). The number of aliphatic hydroxyl groups is 1. The molecule has 2 N–H and O–H groups in total.